The van der Waals surface area contributed by atoms with Gasteiger partial charge in [-0.3, -0.25) is 9.59 Å². The van der Waals surface area contributed by atoms with Crippen LogP contribution in [-0.4, -0.2) is 73.1 Å². The molecular weight excluding hydrogens is 258 g/mol. The van der Waals surface area contributed by atoms with E-state index >= 15 is 0 Å². The van der Waals surface area contributed by atoms with Crippen LogP contribution < -0.4 is 5.32 Å². The van der Waals surface area contributed by atoms with Crippen molar-refractivity contribution in [2.24, 2.45) is 0 Å². The number of carbonyl (C=O) groups is 2. The first-order valence-electron chi connectivity index (χ1n) is 7.68. The molecule has 0 aliphatic carbocycles. The van der Waals surface area contributed by atoms with Crippen LogP contribution >= 0.6 is 0 Å². The van der Waals surface area contributed by atoms with Crippen LogP contribution in [0.1, 0.15) is 25.7 Å². The second-order valence-electron chi connectivity index (χ2n) is 5.78. The van der Waals surface area contributed by atoms with Gasteiger partial charge in [0.2, 0.25) is 11.8 Å². The second-order valence-corrected chi connectivity index (χ2v) is 5.78. The van der Waals surface area contributed by atoms with Gasteiger partial charge >= 0.3 is 0 Å². The molecule has 3 heterocycles. The third kappa shape index (κ3) is 2.67. The van der Waals surface area contributed by atoms with Gasteiger partial charge in [-0.15, -0.1) is 0 Å². The fourth-order valence-electron chi connectivity index (χ4n) is 3.38. The molecule has 3 saturated heterocycles. The summed E-state index contributed by atoms with van der Waals surface area (Å²) in [5.41, 5.74) is 0. The summed E-state index contributed by atoms with van der Waals surface area (Å²) in [6.45, 7) is 4.15. The smallest absolute Gasteiger partial charge is 0.245 e. The Balaban J connectivity index is 1.65. The van der Waals surface area contributed by atoms with Crippen LogP contribution in [0, 0.1) is 0 Å². The van der Waals surface area contributed by atoms with Crippen LogP contribution in [-0.2, 0) is 14.3 Å². The Bertz CT molecular complexity index is 376. The highest BCUT2D eigenvalue weighted by atomic mass is 16.5. The van der Waals surface area contributed by atoms with Gasteiger partial charge < -0.3 is 19.9 Å². The van der Waals surface area contributed by atoms with E-state index in [0.717, 1.165) is 38.8 Å². The molecule has 3 aliphatic rings. The fraction of sp³-hybridized carbons (Fsp3) is 0.857. The third-order valence-corrected chi connectivity index (χ3v) is 4.50. The molecule has 2 amide bonds. The highest BCUT2D eigenvalue weighted by Crippen LogP contribution is 2.22. The molecule has 0 radical (unpaired) electrons. The van der Waals surface area contributed by atoms with E-state index in [9.17, 15) is 9.59 Å². The minimum atomic E-state index is -0.247. The Kier molecular flexibility index (Phi) is 4.21. The molecule has 3 fully saturated rings. The Labute approximate surface area is 119 Å². The number of carbonyl (C=O) groups excluding carboxylic acids is 2. The van der Waals surface area contributed by atoms with Crippen molar-refractivity contribution < 1.29 is 14.3 Å². The van der Waals surface area contributed by atoms with E-state index < -0.39 is 0 Å². The predicted octanol–water partition coefficient (Wildman–Crippen LogP) is -0.412. The number of nitrogens with one attached hydrogen (secondary N) is 1. The summed E-state index contributed by atoms with van der Waals surface area (Å²) in [4.78, 5) is 28.8. The lowest BCUT2D eigenvalue weighted by atomic mass is 10.1. The normalized spacial score (nSPS) is 30.8. The molecule has 2 atom stereocenters. The molecule has 6 nitrogen and oxygen atoms in total. The van der Waals surface area contributed by atoms with Crippen molar-refractivity contribution in [2.45, 2.75) is 37.8 Å². The zero-order valence-corrected chi connectivity index (χ0v) is 11.8. The Morgan fingerprint density at radius 2 is 1.80 bits per heavy atom. The quantitative estimate of drug-likeness (QED) is 0.747. The maximum absolute atomic E-state index is 12.6. The van der Waals surface area contributed by atoms with Crippen molar-refractivity contribution in [3.63, 3.8) is 0 Å². The summed E-state index contributed by atoms with van der Waals surface area (Å²) in [7, 11) is 0. The molecule has 0 aromatic carbocycles. The molecule has 6 heteroatoms. The van der Waals surface area contributed by atoms with Crippen LogP contribution in [0.5, 0.6) is 0 Å². The number of likely N-dealkylation sites (tertiary alicyclic amines) is 1. The predicted molar refractivity (Wildman–Crippen MR) is 73.2 cm³/mol. The summed E-state index contributed by atoms with van der Waals surface area (Å²) in [5.74, 6) is 0.226. The van der Waals surface area contributed by atoms with Crippen LogP contribution in [0.25, 0.3) is 0 Å². The minimum Gasteiger partial charge on any atom is -0.378 e. The van der Waals surface area contributed by atoms with Crippen molar-refractivity contribution in [1.29, 1.82) is 0 Å². The van der Waals surface area contributed by atoms with Crippen molar-refractivity contribution in [1.82, 2.24) is 15.1 Å². The number of hydrogen-bond donors (Lipinski definition) is 1. The number of ether oxygens (including phenoxy) is 1. The molecule has 0 saturated carbocycles. The standard InChI is InChI=1S/C14H23N3O3/c18-13(11-3-1-5-15-11)17-6-2-4-12(17)14(19)16-7-9-20-10-8-16/h11-12,15H,1-10H2/t11-,12?/m1/s1. The lowest BCUT2D eigenvalue weighted by Gasteiger charge is -2.33. The zero-order chi connectivity index (χ0) is 13.9. The van der Waals surface area contributed by atoms with Gasteiger partial charge in [0, 0.05) is 19.6 Å². The van der Waals surface area contributed by atoms with Crippen molar-refractivity contribution in [2.75, 3.05) is 39.4 Å². The molecule has 3 rings (SSSR count). The SMILES string of the molecule is O=C(C1CCCN1C(=O)[C@H]1CCCN1)N1CCOCC1. The van der Waals surface area contributed by atoms with Crippen LogP contribution in [0.3, 0.4) is 0 Å². The highest BCUT2D eigenvalue weighted by Gasteiger charge is 2.39. The van der Waals surface area contributed by atoms with Crippen LogP contribution in [0.15, 0.2) is 0 Å². The fourth-order valence-corrected chi connectivity index (χ4v) is 3.38. The lowest BCUT2D eigenvalue weighted by Crippen LogP contribution is -2.53. The van der Waals surface area contributed by atoms with Crippen LogP contribution in [0.2, 0.25) is 0 Å². The highest BCUT2D eigenvalue weighted by molar-refractivity contribution is 5.90. The number of nitrogens with zero attached hydrogens (tertiary/aromatic N) is 2. The zero-order valence-electron chi connectivity index (χ0n) is 11.8. The average molecular weight is 281 g/mol. The molecule has 112 valence electrons. The molecule has 0 aromatic rings. The van der Waals surface area contributed by atoms with E-state index in [-0.39, 0.29) is 23.9 Å². The van der Waals surface area contributed by atoms with Crippen molar-refractivity contribution >= 4 is 11.8 Å². The van der Waals surface area contributed by atoms with Gasteiger partial charge in [-0.2, -0.15) is 0 Å². The molecule has 0 bridgehead atoms. The molecule has 3 aliphatic heterocycles. The largest absolute Gasteiger partial charge is 0.378 e. The molecule has 1 N–H and O–H groups in total. The Hall–Kier alpha value is -1.14. The van der Waals surface area contributed by atoms with E-state index in [1.54, 1.807) is 4.90 Å². The summed E-state index contributed by atoms with van der Waals surface area (Å²) < 4.78 is 5.28. The molecule has 0 aromatic heterocycles. The van der Waals surface area contributed by atoms with E-state index in [1.807, 2.05) is 4.90 Å². The number of rotatable bonds is 2. The van der Waals surface area contributed by atoms with E-state index in [0.29, 0.717) is 26.3 Å². The number of hydrogen-bond acceptors (Lipinski definition) is 4. The monoisotopic (exact) mass is 281 g/mol. The summed E-state index contributed by atoms with van der Waals surface area (Å²) in [6.07, 6.45) is 3.67. The van der Waals surface area contributed by atoms with Gasteiger partial charge in [-0.05, 0) is 32.2 Å². The molecule has 20 heavy (non-hydrogen) atoms. The topological polar surface area (TPSA) is 61.9 Å². The first-order valence-corrected chi connectivity index (χ1v) is 7.68. The Morgan fingerprint density at radius 1 is 1.00 bits per heavy atom. The number of amides is 2. The van der Waals surface area contributed by atoms with Gasteiger partial charge in [-0.1, -0.05) is 0 Å². The number of morpholine rings is 1. The Morgan fingerprint density at radius 3 is 2.50 bits per heavy atom. The van der Waals surface area contributed by atoms with E-state index in [2.05, 4.69) is 5.32 Å². The maximum atomic E-state index is 12.6. The molecule has 1 unspecified atom stereocenters. The minimum absolute atomic E-state index is 0.0758. The van der Waals surface area contributed by atoms with Crippen molar-refractivity contribution in [3.05, 3.63) is 0 Å². The molecular formula is C14H23N3O3. The van der Waals surface area contributed by atoms with Gasteiger partial charge in [0.05, 0.1) is 19.3 Å². The van der Waals surface area contributed by atoms with Gasteiger partial charge in [0.1, 0.15) is 6.04 Å². The lowest BCUT2D eigenvalue weighted by molar-refractivity contribution is -0.147. The summed E-state index contributed by atoms with van der Waals surface area (Å²) >= 11 is 0. The summed E-state index contributed by atoms with van der Waals surface area (Å²) in [6, 6.07) is -0.323. The maximum Gasteiger partial charge on any atom is 0.245 e. The van der Waals surface area contributed by atoms with E-state index in [1.165, 1.54) is 0 Å². The van der Waals surface area contributed by atoms with Crippen LogP contribution in [0.4, 0.5) is 0 Å². The average Bonchev–Trinajstić information content (AvgIpc) is 3.18. The molecule has 0 spiro atoms. The van der Waals surface area contributed by atoms with E-state index in [4.69, 9.17) is 4.74 Å². The first kappa shape index (κ1) is 13.8. The third-order valence-electron chi connectivity index (χ3n) is 4.50. The van der Waals surface area contributed by atoms with Gasteiger partial charge in [0.25, 0.3) is 0 Å². The van der Waals surface area contributed by atoms with Crippen molar-refractivity contribution in [3.8, 4) is 0 Å². The van der Waals surface area contributed by atoms with Gasteiger partial charge in [0.15, 0.2) is 0 Å². The summed E-state index contributed by atoms with van der Waals surface area (Å²) in [5, 5.41) is 3.24. The first-order chi connectivity index (χ1) is 9.77. The van der Waals surface area contributed by atoms with Gasteiger partial charge in [-0.25, -0.2) is 0 Å². The second kappa shape index (κ2) is 6.10.